The lowest BCUT2D eigenvalue weighted by Crippen LogP contribution is -2.41. The number of nitrogens with zero attached hydrogens (tertiary/aromatic N) is 6. The molecule has 38 heavy (non-hydrogen) atoms. The van der Waals surface area contributed by atoms with E-state index >= 15 is 0 Å². The van der Waals surface area contributed by atoms with Crippen LogP contribution in [0.15, 0.2) is 47.4 Å². The van der Waals surface area contributed by atoms with Crippen LogP contribution in [0.25, 0.3) is 33.7 Å². The molecule has 12 heteroatoms. The van der Waals surface area contributed by atoms with Gasteiger partial charge in [0.1, 0.15) is 20.7 Å². The van der Waals surface area contributed by atoms with Gasteiger partial charge in [0.2, 0.25) is 0 Å². The van der Waals surface area contributed by atoms with Gasteiger partial charge in [0.15, 0.2) is 25.4 Å². The summed E-state index contributed by atoms with van der Waals surface area (Å²) < 4.78 is 24.5. The van der Waals surface area contributed by atoms with Crippen molar-refractivity contribution in [2.75, 3.05) is 6.61 Å². The Morgan fingerprint density at radius 2 is 1.89 bits per heavy atom. The van der Waals surface area contributed by atoms with E-state index in [0.717, 1.165) is 5.39 Å². The fourth-order valence-corrected chi connectivity index (χ4v) is 5.83. The lowest BCUT2D eigenvalue weighted by atomic mass is 10.2. The zero-order valence-electron chi connectivity index (χ0n) is 21.9. The van der Waals surface area contributed by atoms with Gasteiger partial charge in [-0.3, -0.25) is 9.55 Å². The number of hydrogen-bond donors (Lipinski definition) is 1. The number of H-pyrrole nitrogens is 1. The average molecular weight is 646 g/mol. The van der Waals surface area contributed by atoms with Crippen LogP contribution in [0.4, 0.5) is 4.39 Å². The van der Waals surface area contributed by atoms with Crippen LogP contribution in [0, 0.1) is 9.52 Å². The molecule has 0 bridgehead atoms. The van der Waals surface area contributed by atoms with E-state index in [9.17, 15) is 9.18 Å². The van der Waals surface area contributed by atoms with Crippen LogP contribution in [0.5, 0.6) is 0 Å². The van der Waals surface area contributed by atoms with Gasteiger partial charge < -0.3 is 4.43 Å². The number of nitrogens with one attached hydrogen (secondary N) is 1. The lowest BCUT2D eigenvalue weighted by Gasteiger charge is -2.36. The van der Waals surface area contributed by atoms with Crippen LogP contribution in [-0.4, -0.2) is 49.2 Å². The van der Waals surface area contributed by atoms with Crippen LogP contribution in [0.3, 0.4) is 0 Å². The van der Waals surface area contributed by atoms with Gasteiger partial charge in [-0.05, 0) is 58.9 Å². The Morgan fingerprint density at radius 1 is 1.13 bits per heavy atom. The number of benzene rings is 1. The zero-order valence-corrected chi connectivity index (χ0v) is 25.1. The zero-order chi connectivity index (χ0) is 27.2. The van der Waals surface area contributed by atoms with Crippen LogP contribution >= 0.6 is 22.6 Å². The van der Waals surface area contributed by atoms with E-state index in [1.165, 1.54) is 6.07 Å². The molecule has 9 nitrogen and oxygen atoms in total. The topological polar surface area (TPSA) is 104 Å². The summed E-state index contributed by atoms with van der Waals surface area (Å²) in [5.74, 6) is 0.0513. The molecule has 4 aromatic heterocycles. The molecule has 0 saturated carbocycles. The van der Waals surface area contributed by atoms with Crippen LogP contribution in [-0.2, 0) is 17.5 Å². The van der Waals surface area contributed by atoms with Crippen molar-refractivity contribution >= 4 is 53.1 Å². The third-order valence-corrected chi connectivity index (χ3v) is 12.5. The van der Waals surface area contributed by atoms with Gasteiger partial charge >= 0.3 is 5.69 Å². The second-order valence-corrected chi connectivity index (χ2v) is 16.5. The third kappa shape index (κ3) is 4.91. The number of hydrogen-bond acceptors (Lipinski definition) is 6. The minimum Gasteiger partial charge on any atom is -0.415 e. The molecule has 0 fully saturated rings. The summed E-state index contributed by atoms with van der Waals surface area (Å²) in [4.78, 5) is 29.6. The molecule has 5 aromatic rings. The summed E-state index contributed by atoms with van der Waals surface area (Å²) >= 11 is 2.12. The Balaban J connectivity index is 1.51. The first kappa shape index (κ1) is 26.6. The predicted molar refractivity (Wildman–Crippen MR) is 156 cm³/mol. The summed E-state index contributed by atoms with van der Waals surface area (Å²) in [6, 6.07) is 10.3. The van der Waals surface area contributed by atoms with Crippen molar-refractivity contribution < 1.29 is 8.82 Å². The molecule has 0 unspecified atom stereocenters. The highest BCUT2D eigenvalue weighted by atomic mass is 127. The molecule has 4 heterocycles. The second kappa shape index (κ2) is 9.97. The van der Waals surface area contributed by atoms with Crippen LogP contribution < -0.4 is 5.69 Å². The summed E-state index contributed by atoms with van der Waals surface area (Å²) in [6.45, 7) is 12.0. The highest BCUT2D eigenvalue weighted by molar-refractivity contribution is 14.1. The highest BCUT2D eigenvalue weighted by Crippen LogP contribution is 2.36. The molecule has 198 valence electrons. The molecule has 0 saturated heterocycles. The molecular weight excluding hydrogens is 616 g/mol. The molecule has 0 amide bonds. The van der Waals surface area contributed by atoms with Crippen LogP contribution in [0.1, 0.15) is 26.3 Å². The van der Waals surface area contributed by atoms with E-state index in [4.69, 9.17) is 14.5 Å². The number of aromatic amines is 1. The van der Waals surface area contributed by atoms with Crippen LogP contribution in [0.2, 0.25) is 18.1 Å². The second-order valence-electron chi connectivity index (χ2n) is 10.7. The SMILES string of the molecule is CC(C)(C)[Si](C)(C)OCCn1c(=O)[nH]c2nc(-c3nn(Cc4ccccc4F)c4ncccc34)nc(I)c21. The van der Waals surface area contributed by atoms with Crippen molar-refractivity contribution in [2.45, 2.75) is 52.0 Å². The maximum atomic E-state index is 14.4. The molecule has 0 aliphatic heterocycles. The van der Waals surface area contributed by atoms with Gasteiger partial charge in [0.25, 0.3) is 0 Å². The molecule has 0 atom stereocenters. The third-order valence-electron chi connectivity index (χ3n) is 7.16. The normalized spacial score (nSPS) is 12.6. The Labute approximate surface area is 233 Å². The quantitative estimate of drug-likeness (QED) is 0.146. The van der Waals surface area contributed by atoms with Crippen molar-refractivity contribution in [1.29, 1.82) is 0 Å². The van der Waals surface area contributed by atoms with Gasteiger partial charge in [0, 0.05) is 11.8 Å². The summed E-state index contributed by atoms with van der Waals surface area (Å²) in [6.07, 6.45) is 1.67. The summed E-state index contributed by atoms with van der Waals surface area (Å²) in [5.41, 5.74) is 2.41. The van der Waals surface area contributed by atoms with E-state index in [1.54, 1.807) is 33.6 Å². The van der Waals surface area contributed by atoms with Gasteiger partial charge in [0.05, 0.1) is 25.1 Å². The maximum Gasteiger partial charge on any atom is 0.327 e. The number of halogens is 2. The summed E-state index contributed by atoms with van der Waals surface area (Å²) in [7, 11) is -1.94. The van der Waals surface area contributed by atoms with Crippen molar-refractivity contribution in [1.82, 2.24) is 34.3 Å². The molecule has 0 spiro atoms. The Kier molecular flexibility index (Phi) is 6.98. The van der Waals surface area contributed by atoms with E-state index in [1.807, 2.05) is 12.1 Å². The Hall–Kier alpha value is -2.97. The molecular formula is C26H29FIN7O2Si. The van der Waals surface area contributed by atoms with E-state index < -0.39 is 8.32 Å². The van der Waals surface area contributed by atoms with E-state index in [2.05, 4.69) is 71.4 Å². The number of pyridine rings is 1. The van der Waals surface area contributed by atoms with Gasteiger partial charge in [-0.25, -0.2) is 28.8 Å². The van der Waals surface area contributed by atoms with Gasteiger partial charge in [-0.2, -0.15) is 5.10 Å². The van der Waals surface area contributed by atoms with Crippen molar-refractivity contribution in [2.24, 2.45) is 0 Å². The maximum absolute atomic E-state index is 14.4. The van der Waals surface area contributed by atoms with Crippen molar-refractivity contribution in [3.8, 4) is 11.5 Å². The first-order valence-electron chi connectivity index (χ1n) is 12.3. The average Bonchev–Trinajstić information content (AvgIpc) is 3.37. The molecule has 0 aliphatic carbocycles. The number of fused-ring (bicyclic) bond motifs is 2. The molecule has 1 aromatic carbocycles. The molecule has 0 aliphatic rings. The fourth-order valence-electron chi connectivity index (χ4n) is 4.02. The van der Waals surface area contributed by atoms with E-state index in [0.29, 0.717) is 50.7 Å². The monoisotopic (exact) mass is 645 g/mol. The molecule has 0 radical (unpaired) electrons. The first-order valence-corrected chi connectivity index (χ1v) is 16.3. The largest absolute Gasteiger partial charge is 0.415 e. The minimum absolute atomic E-state index is 0.0813. The molecule has 1 N–H and O–H groups in total. The Bertz CT molecular complexity index is 1700. The smallest absolute Gasteiger partial charge is 0.327 e. The predicted octanol–water partition coefficient (Wildman–Crippen LogP) is 5.35. The summed E-state index contributed by atoms with van der Waals surface area (Å²) in [5, 5.41) is 5.54. The lowest BCUT2D eigenvalue weighted by molar-refractivity contribution is 0.272. The molecule has 5 rings (SSSR count). The standard InChI is InChI=1S/C26H29FIN7O2Si/c1-26(2,3)38(4,5)37-14-13-34-20-21(28)30-22(31-23(20)32-25(34)36)19-17-10-8-12-29-24(17)35(33-19)15-16-9-6-7-11-18(16)27/h6-12H,13-15H2,1-5H3,(H,30,31,32,36). The first-order chi connectivity index (χ1) is 18.0. The van der Waals surface area contributed by atoms with E-state index in [-0.39, 0.29) is 23.1 Å². The minimum atomic E-state index is -1.94. The van der Waals surface area contributed by atoms with Gasteiger partial charge in [-0.15, -0.1) is 0 Å². The number of rotatable bonds is 7. The Morgan fingerprint density at radius 3 is 2.63 bits per heavy atom. The van der Waals surface area contributed by atoms with Crippen molar-refractivity contribution in [3.05, 3.63) is 68.2 Å². The van der Waals surface area contributed by atoms with Gasteiger partial charge in [-0.1, -0.05) is 39.0 Å². The number of aromatic nitrogens is 7. The fraction of sp³-hybridized carbons (Fsp3) is 0.346. The number of imidazole rings is 1. The highest BCUT2D eigenvalue weighted by Gasteiger charge is 2.37. The van der Waals surface area contributed by atoms with Crippen molar-refractivity contribution in [3.63, 3.8) is 0 Å².